The minimum atomic E-state index is -0.890. The van der Waals surface area contributed by atoms with Crippen LogP contribution in [0.4, 0.5) is 8.78 Å². The second-order valence-electron chi connectivity index (χ2n) is 6.59. The lowest BCUT2D eigenvalue weighted by atomic mass is 9.76. The van der Waals surface area contributed by atoms with Crippen molar-refractivity contribution in [1.82, 2.24) is 0 Å². The van der Waals surface area contributed by atoms with E-state index in [4.69, 9.17) is 5.26 Å². The Hall–Kier alpha value is -2.72. The zero-order chi connectivity index (χ0) is 18.1. The summed E-state index contributed by atoms with van der Waals surface area (Å²) in [6, 6.07) is 11.4. The van der Waals surface area contributed by atoms with E-state index in [9.17, 15) is 14.0 Å². The van der Waals surface area contributed by atoms with Crippen molar-refractivity contribution in [2.24, 2.45) is 0 Å². The first kappa shape index (κ1) is 17.6. The monoisotopic (exact) mass is 324 g/mol. The first-order valence-corrected chi connectivity index (χ1v) is 7.67. The van der Waals surface area contributed by atoms with Gasteiger partial charge in [-0.25, -0.2) is 8.78 Å². The van der Waals surface area contributed by atoms with Crippen LogP contribution in [0.3, 0.4) is 0 Å². The Morgan fingerprint density at radius 3 is 2.17 bits per heavy atom. The summed E-state index contributed by atoms with van der Waals surface area (Å²) in [5.74, 6) is -1.21. The van der Waals surface area contributed by atoms with Gasteiger partial charge in [0.2, 0.25) is 0 Å². The molecule has 0 N–H and O–H groups in total. The minimum Gasteiger partial charge on any atom is -0.207 e. The molecule has 24 heavy (non-hydrogen) atoms. The smallest absolute Gasteiger partial charge is 0.145 e. The van der Waals surface area contributed by atoms with Crippen LogP contribution >= 0.6 is 0 Å². The van der Waals surface area contributed by atoms with Crippen molar-refractivity contribution in [3.8, 4) is 12.1 Å². The molecule has 0 aliphatic carbocycles. The number of hydrogen-bond donors (Lipinski definition) is 0. The Morgan fingerprint density at radius 1 is 1.00 bits per heavy atom. The molecule has 2 nitrogen and oxygen atoms in total. The van der Waals surface area contributed by atoms with Crippen LogP contribution in [0.1, 0.15) is 61.4 Å². The number of nitriles is 2. The fourth-order valence-corrected chi connectivity index (χ4v) is 2.91. The Labute approximate surface area is 141 Å². The third-order valence-corrected chi connectivity index (χ3v) is 4.34. The Balaban J connectivity index is 2.70. The molecule has 0 atom stereocenters. The summed E-state index contributed by atoms with van der Waals surface area (Å²) < 4.78 is 29.1. The molecule has 0 heterocycles. The first-order valence-electron chi connectivity index (χ1n) is 7.67. The Kier molecular flexibility index (Phi) is 4.71. The zero-order valence-electron chi connectivity index (χ0n) is 14.1. The molecule has 0 aromatic heterocycles. The molecule has 0 saturated heterocycles. The van der Waals surface area contributed by atoms with Crippen LogP contribution in [0.15, 0.2) is 30.3 Å². The van der Waals surface area contributed by atoms with Crippen LogP contribution in [0, 0.1) is 34.3 Å². The van der Waals surface area contributed by atoms with Crippen molar-refractivity contribution in [1.29, 1.82) is 10.5 Å². The van der Waals surface area contributed by atoms with Gasteiger partial charge in [0.15, 0.2) is 0 Å². The van der Waals surface area contributed by atoms with Crippen LogP contribution in [-0.2, 0) is 5.41 Å². The van der Waals surface area contributed by atoms with Crippen LogP contribution in [0.2, 0.25) is 0 Å². The Morgan fingerprint density at radius 2 is 1.62 bits per heavy atom. The van der Waals surface area contributed by atoms with Crippen molar-refractivity contribution < 1.29 is 8.78 Å². The van der Waals surface area contributed by atoms with Gasteiger partial charge in [-0.3, -0.25) is 0 Å². The third-order valence-electron chi connectivity index (χ3n) is 4.34. The molecular formula is C20H18F2N2. The largest absolute Gasteiger partial charge is 0.207 e. The van der Waals surface area contributed by atoms with Crippen LogP contribution in [0.5, 0.6) is 0 Å². The molecule has 4 heteroatoms. The highest BCUT2D eigenvalue weighted by Crippen LogP contribution is 2.36. The molecule has 0 bridgehead atoms. The summed E-state index contributed by atoms with van der Waals surface area (Å²) in [5.41, 5.74) is 0.462. The molecule has 0 unspecified atom stereocenters. The van der Waals surface area contributed by atoms with Gasteiger partial charge in [0.1, 0.15) is 17.7 Å². The SMILES string of the molecule is CC(C)c1c(F)cc(C(C)(C)c2cccc(C#N)c2F)cc1C#N. The predicted octanol–water partition coefficient (Wildman–Crippen LogP) is 5.16. The van der Waals surface area contributed by atoms with Gasteiger partial charge in [-0.15, -0.1) is 0 Å². The van der Waals surface area contributed by atoms with Crippen molar-refractivity contribution in [2.75, 3.05) is 0 Å². The average Bonchev–Trinajstić information content (AvgIpc) is 2.53. The molecular weight excluding hydrogens is 306 g/mol. The summed E-state index contributed by atoms with van der Waals surface area (Å²) >= 11 is 0. The fourth-order valence-electron chi connectivity index (χ4n) is 2.91. The van der Waals surface area contributed by atoms with Crippen LogP contribution in [-0.4, -0.2) is 0 Å². The third kappa shape index (κ3) is 2.88. The Bertz CT molecular complexity index is 868. The maximum absolute atomic E-state index is 14.6. The van der Waals surface area contributed by atoms with E-state index in [1.54, 1.807) is 32.0 Å². The van der Waals surface area contributed by atoms with E-state index < -0.39 is 17.0 Å². The molecule has 2 aromatic carbocycles. The van der Waals surface area contributed by atoms with Crippen molar-refractivity contribution in [2.45, 2.75) is 39.0 Å². The predicted molar refractivity (Wildman–Crippen MR) is 88.4 cm³/mol. The van der Waals surface area contributed by atoms with Crippen LogP contribution in [0.25, 0.3) is 0 Å². The zero-order valence-corrected chi connectivity index (χ0v) is 14.1. The average molecular weight is 324 g/mol. The second kappa shape index (κ2) is 6.42. The van der Waals surface area contributed by atoms with Gasteiger partial charge in [0.05, 0.1) is 17.2 Å². The number of halogens is 2. The molecule has 0 saturated carbocycles. The summed E-state index contributed by atoms with van der Waals surface area (Å²) in [5, 5.41) is 18.4. The quantitative estimate of drug-likeness (QED) is 0.783. The van der Waals surface area contributed by atoms with Crippen LogP contribution < -0.4 is 0 Å². The molecule has 0 amide bonds. The maximum Gasteiger partial charge on any atom is 0.145 e. The first-order chi connectivity index (χ1) is 11.2. The van der Waals surface area contributed by atoms with E-state index >= 15 is 0 Å². The summed E-state index contributed by atoms with van der Waals surface area (Å²) in [7, 11) is 0. The lowest BCUT2D eigenvalue weighted by molar-refractivity contribution is 0.537. The van der Waals surface area contributed by atoms with Crippen molar-refractivity contribution >= 4 is 0 Å². The van der Waals surface area contributed by atoms with E-state index in [0.29, 0.717) is 16.7 Å². The minimum absolute atomic E-state index is 0.0552. The van der Waals surface area contributed by atoms with E-state index in [-0.39, 0.29) is 17.0 Å². The lowest BCUT2D eigenvalue weighted by Crippen LogP contribution is -2.22. The van der Waals surface area contributed by atoms with Crippen molar-refractivity contribution in [3.63, 3.8) is 0 Å². The summed E-state index contributed by atoms with van der Waals surface area (Å²) in [6.07, 6.45) is 0. The van der Waals surface area contributed by atoms with E-state index in [1.165, 1.54) is 12.1 Å². The number of nitrogens with zero attached hydrogens (tertiary/aromatic N) is 2. The van der Waals surface area contributed by atoms with E-state index in [2.05, 4.69) is 0 Å². The van der Waals surface area contributed by atoms with Crippen molar-refractivity contribution in [3.05, 3.63) is 69.8 Å². The van der Waals surface area contributed by atoms with Gasteiger partial charge in [0, 0.05) is 11.0 Å². The van der Waals surface area contributed by atoms with Gasteiger partial charge < -0.3 is 0 Å². The number of benzene rings is 2. The fraction of sp³-hybridized carbons (Fsp3) is 0.300. The number of rotatable bonds is 3. The maximum atomic E-state index is 14.6. The highest BCUT2D eigenvalue weighted by atomic mass is 19.1. The van der Waals surface area contributed by atoms with Gasteiger partial charge in [-0.1, -0.05) is 39.8 Å². The number of hydrogen-bond acceptors (Lipinski definition) is 2. The topological polar surface area (TPSA) is 47.6 Å². The molecule has 2 rings (SSSR count). The van der Waals surface area contributed by atoms with Gasteiger partial charge >= 0.3 is 0 Å². The lowest BCUT2D eigenvalue weighted by Gasteiger charge is -2.28. The second-order valence-corrected chi connectivity index (χ2v) is 6.59. The van der Waals surface area contributed by atoms with Gasteiger partial charge in [0.25, 0.3) is 0 Å². The van der Waals surface area contributed by atoms with E-state index in [1.807, 2.05) is 26.0 Å². The highest BCUT2D eigenvalue weighted by molar-refractivity contribution is 5.49. The molecule has 0 spiro atoms. The van der Waals surface area contributed by atoms with Gasteiger partial charge in [-0.2, -0.15) is 10.5 Å². The molecule has 0 radical (unpaired) electrons. The molecule has 0 aliphatic heterocycles. The van der Waals surface area contributed by atoms with Gasteiger partial charge in [-0.05, 0) is 35.2 Å². The summed E-state index contributed by atoms with van der Waals surface area (Å²) in [4.78, 5) is 0. The molecule has 0 fully saturated rings. The normalized spacial score (nSPS) is 11.2. The highest BCUT2D eigenvalue weighted by Gasteiger charge is 2.29. The molecule has 2 aromatic rings. The molecule has 122 valence electrons. The summed E-state index contributed by atoms with van der Waals surface area (Å²) in [6.45, 7) is 7.13. The van der Waals surface area contributed by atoms with E-state index in [0.717, 1.165) is 0 Å². The molecule has 0 aliphatic rings. The standard InChI is InChI=1S/C20H18F2N2/c1-12(2)18-14(11-24)8-15(9-17(18)21)20(3,4)16-7-5-6-13(10-23)19(16)22/h5-9,12H,1-4H3.